The van der Waals surface area contributed by atoms with Gasteiger partial charge in [0, 0.05) is 24.6 Å². The maximum atomic E-state index is 14.0. The average Bonchev–Trinajstić information content (AvgIpc) is 2.86. The molecule has 0 aromatic heterocycles. The molecule has 0 unspecified atom stereocenters. The predicted octanol–water partition coefficient (Wildman–Crippen LogP) is 4.29. The van der Waals surface area contributed by atoms with Crippen molar-refractivity contribution in [3.05, 3.63) is 102 Å². The summed E-state index contributed by atoms with van der Waals surface area (Å²) >= 11 is 0. The van der Waals surface area contributed by atoms with Gasteiger partial charge >= 0.3 is 0 Å². The molecule has 1 N–H and O–H groups in total. The largest absolute Gasteiger partial charge is 0.350 e. The van der Waals surface area contributed by atoms with Crippen LogP contribution in [0, 0.1) is 11.6 Å². The van der Waals surface area contributed by atoms with Crippen molar-refractivity contribution in [3.63, 3.8) is 0 Å². The highest BCUT2D eigenvalue weighted by atomic mass is 32.2. The standard InChI is InChI=1S/C29H33F2N3O4S/c1-29(2,3)32-28(36)26(17-21-11-7-5-8-12-21)33(19-22-13-9-6-10-14-22)27(35)20-34(39(4,37)38)23-15-16-24(30)25(31)18-23/h5-16,18,26H,17,19-20H2,1-4H3,(H,32,36)/t26-/m0/s1. The Kier molecular flexibility index (Phi) is 9.45. The van der Waals surface area contributed by atoms with Gasteiger partial charge in [-0.05, 0) is 44.0 Å². The lowest BCUT2D eigenvalue weighted by molar-refractivity contribution is -0.140. The quantitative estimate of drug-likeness (QED) is 0.403. The van der Waals surface area contributed by atoms with Gasteiger partial charge in [0.25, 0.3) is 0 Å². The van der Waals surface area contributed by atoms with E-state index in [2.05, 4.69) is 5.32 Å². The molecular weight excluding hydrogens is 524 g/mol. The van der Waals surface area contributed by atoms with Gasteiger partial charge in [-0.15, -0.1) is 0 Å². The molecule has 0 aliphatic heterocycles. The van der Waals surface area contributed by atoms with E-state index >= 15 is 0 Å². The van der Waals surface area contributed by atoms with Gasteiger partial charge in [-0.3, -0.25) is 13.9 Å². The molecule has 0 radical (unpaired) electrons. The molecule has 39 heavy (non-hydrogen) atoms. The van der Waals surface area contributed by atoms with Crippen LogP contribution >= 0.6 is 0 Å². The van der Waals surface area contributed by atoms with Crippen LogP contribution in [0.15, 0.2) is 78.9 Å². The van der Waals surface area contributed by atoms with E-state index in [1.807, 2.05) is 57.2 Å². The summed E-state index contributed by atoms with van der Waals surface area (Å²) in [6.45, 7) is 4.77. The van der Waals surface area contributed by atoms with Crippen LogP contribution in [0.3, 0.4) is 0 Å². The summed E-state index contributed by atoms with van der Waals surface area (Å²) in [5.74, 6) is -3.49. The summed E-state index contributed by atoms with van der Waals surface area (Å²) in [6, 6.07) is 19.8. The molecule has 0 bridgehead atoms. The Morgan fingerprint density at radius 3 is 1.95 bits per heavy atom. The van der Waals surface area contributed by atoms with Crippen LogP contribution in [-0.2, 0) is 32.6 Å². The number of amides is 2. The third kappa shape index (κ3) is 8.61. The van der Waals surface area contributed by atoms with Crippen LogP contribution < -0.4 is 9.62 Å². The molecule has 0 heterocycles. The molecule has 0 saturated carbocycles. The van der Waals surface area contributed by atoms with Gasteiger partial charge in [0.05, 0.1) is 11.9 Å². The molecule has 1 atom stereocenters. The van der Waals surface area contributed by atoms with E-state index in [0.717, 1.165) is 35.6 Å². The van der Waals surface area contributed by atoms with Gasteiger partial charge in [-0.1, -0.05) is 60.7 Å². The summed E-state index contributed by atoms with van der Waals surface area (Å²) < 4.78 is 53.6. The molecule has 7 nitrogen and oxygen atoms in total. The van der Waals surface area contributed by atoms with Gasteiger partial charge in [-0.25, -0.2) is 17.2 Å². The molecule has 208 valence electrons. The molecule has 0 aliphatic carbocycles. The Hall–Kier alpha value is -3.79. The Bertz CT molecular complexity index is 1400. The fourth-order valence-electron chi connectivity index (χ4n) is 4.04. The van der Waals surface area contributed by atoms with Crippen LogP contribution in [0.4, 0.5) is 14.5 Å². The zero-order chi connectivity index (χ0) is 28.8. The summed E-state index contributed by atoms with van der Waals surface area (Å²) in [5, 5.41) is 2.93. The molecule has 0 saturated heterocycles. The number of nitrogens with zero attached hydrogens (tertiary/aromatic N) is 2. The second-order valence-electron chi connectivity index (χ2n) is 10.3. The normalized spacial score (nSPS) is 12.5. The number of benzene rings is 3. The molecule has 3 rings (SSSR count). The van der Waals surface area contributed by atoms with Crippen molar-refractivity contribution in [2.75, 3.05) is 17.1 Å². The van der Waals surface area contributed by atoms with Gasteiger partial charge in [0.15, 0.2) is 11.6 Å². The van der Waals surface area contributed by atoms with E-state index < -0.39 is 51.6 Å². The minimum atomic E-state index is -4.09. The Morgan fingerprint density at radius 1 is 0.872 bits per heavy atom. The van der Waals surface area contributed by atoms with Crippen LogP contribution in [-0.4, -0.2) is 49.5 Å². The number of carbonyl (C=O) groups excluding carboxylic acids is 2. The Morgan fingerprint density at radius 2 is 1.44 bits per heavy atom. The van der Waals surface area contributed by atoms with E-state index in [1.165, 1.54) is 4.90 Å². The van der Waals surface area contributed by atoms with Crippen molar-refractivity contribution in [3.8, 4) is 0 Å². The van der Waals surface area contributed by atoms with E-state index in [1.54, 1.807) is 24.3 Å². The van der Waals surface area contributed by atoms with Gasteiger partial charge < -0.3 is 10.2 Å². The van der Waals surface area contributed by atoms with Crippen molar-refractivity contribution >= 4 is 27.5 Å². The maximum absolute atomic E-state index is 14.0. The van der Waals surface area contributed by atoms with E-state index in [-0.39, 0.29) is 18.7 Å². The number of rotatable bonds is 10. The minimum absolute atomic E-state index is 0.0180. The van der Waals surface area contributed by atoms with Crippen molar-refractivity contribution in [2.45, 2.75) is 45.3 Å². The Labute approximate surface area is 228 Å². The average molecular weight is 558 g/mol. The first-order valence-corrected chi connectivity index (χ1v) is 14.2. The lowest BCUT2D eigenvalue weighted by Gasteiger charge is -2.35. The number of halogens is 2. The van der Waals surface area contributed by atoms with Crippen LogP contribution in [0.2, 0.25) is 0 Å². The monoisotopic (exact) mass is 557 g/mol. The molecular formula is C29H33F2N3O4S. The molecule has 10 heteroatoms. The molecule has 0 fully saturated rings. The van der Waals surface area contributed by atoms with Crippen molar-refractivity contribution in [1.29, 1.82) is 0 Å². The number of hydrogen-bond donors (Lipinski definition) is 1. The summed E-state index contributed by atoms with van der Waals surface area (Å²) in [4.78, 5) is 28.8. The first-order chi connectivity index (χ1) is 18.2. The second kappa shape index (κ2) is 12.4. The van der Waals surface area contributed by atoms with Crippen LogP contribution in [0.5, 0.6) is 0 Å². The first kappa shape index (κ1) is 29.8. The fourth-order valence-corrected chi connectivity index (χ4v) is 4.88. The summed E-state index contributed by atoms with van der Waals surface area (Å²) in [6.07, 6.45) is 1.04. The Balaban J connectivity index is 2.06. The molecule has 0 aliphatic rings. The molecule has 2 amide bonds. The minimum Gasteiger partial charge on any atom is -0.350 e. The molecule has 0 spiro atoms. The van der Waals surface area contributed by atoms with Crippen LogP contribution in [0.1, 0.15) is 31.9 Å². The predicted molar refractivity (Wildman–Crippen MR) is 147 cm³/mol. The zero-order valence-electron chi connectivity index (χ0n) is 22.4. The smallest absolute Gasteiger partial charge is 0.244 e. The number of carbonyl (C=O) groups is 2. The van der Waals surface area contributed by atoms with Crippen LogP contribution in [0.25, 0.3) is 0 Å². The maximum Gasteiger partial charge on any atom is 0.244 e. The van der Waals surface area contributed by atoms with E-state index in [0.29, 0.717) is 4.31 Å². The highest BCUT2D eigenvalue weighted by molar-refractivity contribution is 7.92. The number of nitrogens with one attached hydrogen (secondary N) is 1. The highest BCUT2D eigenvalue weighted by Gasteiger charge is 2.34. The van der Waals surface area contributed by atoms with Gasteiger partial charge in [0.2, 0.25) is 21.8 Å². The summed E-state index contributed by atoms with van der Waals surface area (Å²) in [5.41, 5.74) is 0.727. The fraction of sp³-hybridized carbons (Fsp3) is 0.310. The second-order valence-corrected chi connectivity index (χ2v) is 12.2. The third-order valence-corrected chi connectivity index (χ3v) is 6.98. The van der Waals surface area contributed by atoms with Gasteiger partial charge in [0.1, 0.15) is 12.6 Å². The van der Waals surface area contributed by atoms with E-state index in [4.69, 9.17) is 0 Å². The lowest BCUT2D eigenvalue weighted by Crippen LogP contribution is -2.56. The molecule has 3 aromatic carbocycles. The van der Waals surface area contributed by atoms with Crippen molar-refractivity contribution in [2.24, 2.45) is 0 Å². The van der Waals surface area contributed by atoms with Crippen molar-refractivity contribution in [1.82, 2.24) is 10.2 Å². The topological polar surface area (TPSA) is 86.8 Å². The highest BCUT2D eigenvalue weighted by Crippen LogP contribution is 2.22. The lowest BCUT2D eigenvalue weighted by atomic mass is 10.0. The SMILES string of the molecule is CC(C)(C)NC(=O)[C@H](Cc1ccccc1)N(Cc1ccccc1)C(=O)CN(c1ccc(F)c(F)c1)S(C)(=O)=O. The van der Waals surface area contributed by atoms with E-state index in [9.17, 15) is 26.8 Å². The summed E-state index contributed by atoms with van der Waals surface area (Å²) in [7, 11) is -4.09. The van der Waals surface area contributed by atoms with Crippen molar-refractivity contribution < 1.29 is 26.8 Å². The number of anilines is 1. The zero-order valence-corrected chi connectivity index (χ0v) is 23.2. The first-order valence-electron chi connectivity index (χ1n) is 12.4. The van der Waals surface area contributed by atoms with Gasteiger partial charge in [-0.2, -0.15) is 0 Å². The number of sulfonamides is 1. The number of hydrogen-bond acceptors (Lipinski definition) is 4. The molecule has 3 aromatic rings. The third-order valence-electron chi connectivity index (χ3n) is 5.84.